The number of nitrogens with one attached hydrogen (secondary N) is 1. The number of anilines is 1. The third-order valence-electron chi connectivity index (χ3n) is 8.33. The molecule has 11 nitrogen and oxygen atoms in total. The van der Waals surface area contributed by atoms with Crippen LogP contribution < -0.4 is 9.46 Å². The Morgan fingerprint density at radius 3 is 2.54 bits per heavy atom. The number of aliphatic hydroxyl groups is 1. The van der Waals surface area contributed by atoms with E-state index in [9.17, 15) is 18.3 Å². The Morgan fingerprint density at radius 1 is 1.13 bits per heavy atom. The lowest BCUT2D eigenvalue weighted by Gasteiger charge is -2.36. The Bertz CT molecular complexity index is 1530. The van der Waals surface area contributed by atoms with Gasteiger partial charge < -0.3 is 24.0 Å². The number of ether oxygens (including phenoxy) is 2. The van der Waals surface area contributed by atoms with Gasteiger partial charge in [0.05, 0.1) is 30.4 Å². The van der Waals surface area contributed by atoms with E-state index in [1.165, 1.54) is 18.6 Å². The van der Waals surface area contributed by atoms with Gasteiger partial charge in [-0.15, -0.1) is 0 Å². The molecule has 1 aliphatic heterocycles. The molecule has 4 atom stereocenters. The van der Waals surface area contributed by atoms with Gasteiger partial charge in [-0.3, -0.25) is 14.4 Å². The largest absolute Gasteiger partial charge is 0.490 e. The molecule has 4 rings (SSSR count). The first kappa shape index (κ1) is 35.4. The first-order valence-electron chi connectivity index (χ1n) is 15.9. The predicted octanol–water partition coefficient (Wildman–Crippen LogP) is 5.02. The fourth-order valence-electron chi connectivity index (χ4n) is 5.78. The minimum absolute atomic E-state index is 0.0450. The molecule has 252 valence electrons. The molecule has 0 aliphatic carbocycles. The van der Waals surface area contributed by atoms with Crippen molar-refractivity contribution in [2.45, 2.75) is 83.6 Å². The smallest absolute Gasteiger partial charge is 0.267 e. The Morgan fingerprint density at radius 2 is 1.87 bits per heavy atom. The maximum absolute atomic E-state index is 14.4. The van der Waals surface area contributed by atoms with Crippen LogP contribution in [-0.2, 0) is 21.3 Å². The SMILES string of the molecule is Cc1noc(C)c1S(=O)(=O)Nc1ccc2c(c1)C(=O)N([C@H](C)CO)C[C@H](C)[C@@H](CN(C)Cc1ccccc1)OCCCC[C@H](C)O2. The van der Waals surface area contributed by atoms with Crippen LogP contribution in [0.5, 0.6) is 5.75 Å². The second-order valence-electron chi connectivity index (χ2n) is 12.5. The number of carbonyl (C=O) groups is 1. The van der Waals surface area contributed by atoms with Crippen molar-refractivity contribution >= 4 is 21.6 Å². The van der Waals surface area contributed by atoms with Crippen molar-refractivity contribution in [2.24, 2.45) is 5.92 Å². The molecule has 12 heteroatoms. The van der Waals surface area contributed by atoms with Crippen LogP contribution in [0.15, 0.2) is 57.9 Å². The van der Waals surface area contributed by atoms with Crippen LogP contribution in [0.3, 0.4) is 0 Å². The van der Waals surface area contributed by atoms with E-state index in [4.69, 9.17) is 14.0 Å². The molecular weight excluding hydrogens is 608 g/mol. The molecule has 1 aromatic heterocycles. The van der Waals surface area contributed by atoms with Gasteiger partial charge in [0, 0.05) is 37.8 Å². The normalized spacial score (nSPS) is 20.9. The molecule has 46 heavy (non-hydrogen) atoms. The van der Waals surface area contributed by atoms with Gasteiger partial charge in [0.2, 0.25) is 0 Å². The number of hydrogen-bond acceptors (Lipinski definition) is 9. The average molecular weight is 657 g/mol. The predicted molar refractivity (Wildman–Crippen MR) is 176 cm³/mol. The molecule has 0 spiro atoms. The van der Waals surface area contributed by atoms with E-state index in [0.717, 1.165) is 25.8 Å². The van der Waals surface area contributed by atoms with Crippen molar-refractivity contribution in [3.8, 4) is 5.75 Å². The lowest BCUT2D eigenvalue weighted by molar-refractivity contribution is -0.0177. The number of sulfonamides is 1. The molecule has 2 heterocycles. The summed E-state index contributed by atoms with van der Waals surface area (Å²) in [5.41, 5.74) is 1.84. The summed E-state index contributed by atoms with van der Waals surface area (Å²) in [7, 11) is -1.99. The molecule has 0 saturated heterocycles. The summed E-state index contributed by atoms with van der Waals surface area (Å²) in [5, 5.41) is 14.0. The van der Waals surface area contributed by atoms with Gasteiger partial charge in [-0.1, -0.05) is 42.4 Å². The number of benzene rings is 2. The molecule has 3 aromatic rings. The fraction of sp³-hybridized carbons (Fsp3) is 0.529. The molecule has 0 radical (unpaired) electrons. The van der Waals surface area contributed by atoms with Gasteiger partial charge in [-0.05, 0) is 77.8 Å². The maximum Gasteiger partial charge on any atom is 0.267 e. The lowest BCUT2D eigenvalue weighted by atomic mass is 10.0. The van der Waals surface area contributed by atoms with Crippen LogP contribution in [0.4, 0.5) is 5.69 Å². The quantitative estimate of drug-likeness (QED) is 0.326. The number of hydrogen-bond donors (Lipinski definition) is 2. The third-order valence-corrected chi connectivity index (χ3v) is 9.95. The molecule has 1 aliphatic rings. The number of rotatable bonds is 9. The summed E-state index contributed by atoms with van der Waals surface area (Å²) in [6, 6.07) is 14.4. The highest BCUT2D eigenvalue weighted by molar-refractivity contribution is 7.92. The monoisotopic (exact) mass is 656 g/mol. The molecule has 0 saturated carbocycles. The van der Waals surface area contributed by atoms with Crippen molar-refractivity contribution in [3.05, 3.63) is 71.1 Å². The Kier molecular flexibility index (Phi) is 12.2. The van der Waals surface area contributed by atoms with Gasteiger partial charge in [-0.25, -0.2) is 8.42 Å². The van der Waals surface area contributed by atoms with E-state index in [-0.39, 0.29) is 58.2 Å². The number of amides is 1. The Labute approximate surface area is 272 Å². The topological polar surface area (TPSA) is 134 Å². The fourth-order valence-corrected chi connectivity index (χ4v) is 7.16. The summed E-state index contributed by atoms with van der Waals surface area (Å²) in [4.78, 5) is 18.2. The summed E-state index contributed by atoms with van der Waals surface area (Å²) in [6.45, 7) is 11.0. The van der Waals surface area contributed by atoms with Crippen molar-refractivity contribution in [1.82, 2.24) is 15.0 Å². The molecule has 2 N–H and O–H groups in total. The van der Waals surface area contributed by atoms with Gasteiger partial charge in [-0.2, -0.15) is 0 Å². The van der Waals surface area contributed by atoms with Gasteiger partial charge in [0.1, 0.15) is 11.4 Å². The van der Waals surface area contributed by atoms with E-state index in [2.05, 4.69) is 40.9 Å². The molecule has 0 fully saturated rings. The number of carbonyl (C=O) groups excluding carboxylic acids is 1. The van der Waals surface area contributed by atoms with Crippen LogP contribution in [0, 0.1) is 19.8 Å². The molecule has 1 amide bonds. The van der Waals surface area contributed by atoms with Gasteiger partial charge in [0.15, 0.2) is 10.7 Å². The standard InChI is InChI=1S/C34H48N4O7S/c1-23-19-38(24(2)22-39)34(40)30-18-29(36-46(41,42)33-26(4)35-45-27(33)5)15-16-31(30)44-25(3)12-10-11-17-43-32(23)21-37(6)20-28-13-8-7-9-14-28/h7-9,13-16,18,23-25,32,36,39H,10-12,17,19-22H2,1-6H3/t23-,24+,25-,32+/m0/s1. The summed E-state index contributed by atoms with van der Waals surface area (Å²) in [5.74, 6) is 0.0683. The highest BCUT2D eigenvalue weighted by Gasteiger charge is 2.31. The number of aryl methyl sites for hydroxylation is 2. The number of aromatic nitrogens is 1. The van der Waals surface area contributed by atoms with Gasteiger partial charge in [0.25, 0.3) is 15.9 Å². The van der Waals surface area contributed by atoms with Crippen molar-refractivity contribution in [2.75, 3.05) is 38.1 Å². The summed E-state index contributed by atoms with van der Waals surface area (Å²) < 4.78 is 47.0. The van der Waals surface area contributed by atoms with Crippen molar-refractivity contribution < 1.29 is 32.3 Å². The van der Waals surface area contributed by atoms with E-state index >= 15 is 0 Å². The Hall–Kier alpha value is -3.45. The average Bonchev–Trinajstić information content (AvgIpc) is 3.37. The minimum atomic E-state index is -4.05. The molecule has 2 aromatic carbocycles. The zero-order chi connectivity index (χ0) is 33.4. The van der Waals surface area contributed by atoms with Crippen molar-refractivity contribution in [1.29, 1.82) is 0 Å². The van der Waals surface area contributed by atoms with Crippen LogP contribution in [0.25, 0.3) is 0 Å². The zero-order valence-corrected chi connectivity index (χ0v) is 28.5. The highest BCUT2D eigenvalue weighted by atomic mass is 32.2. The van der Waals surface area contributed by atoms with Crippen LogP contribution in [0.1, 0.15) is 67.4 Å². The van der Waals surface area contributed by atoms with E-state index in [1.807, 2.05) is 25.1 Å². The first-order chi connectivity index (χ1) is 21.9. The lowest BCUT2D eigenvalue weighted by Crippen LogP contribution is -2.47. The maximum atomic E-state index is 14.4. The van der Waals surface area contributed by atoms with E-state index < -0.39 is 16.1 Å². The van der Waals surface area contributed by atoms with Crippen LogP contribution in [-0.4, -0.2) is 86.0 Å². The number of aliphatic hydroxyl groups excluding tert-OH is 1. The number of likely N-dealkylation sites (N-methyl/N-ethyl adjacent to an activating group) is 1. The number of fused-ring (bicyclic) bond motifs is 1. The van der Waals surface area contributed by atoms with Crippen LogP contribution >= 0.6 is 0 Å². The minimum Gasteiger partial charge on any atom is -0.490 e. The number of nitrogens with zero attached hydrogens (tertiary/aromatic N) is 3. The summed E-state index contributed by atoms with van der Waals surface area (Å²) in [6.07, 6.45) is 2.13. The van der Waals surface area contributed by atoms with E-state index in [0.29, 0.717) is 25.4 Å². The zero-order valence-electron chi connectivity index (χ0n) is 27.7. The molecule has 0 unspecified atom stereocenters. The second kappa shape index (κ2) is 15.9. The van der Waals surface area contributed by atoms with Crippen molar-refractivity contribution in [3.63, 3.8) is 0 Å². The third kappa shape index (κ3) is 9.09. The highest BCUT2D eigenvalue weighted by Crippen LogP contribution is 2.30. The molecular formula is C34H48N4O7S. The first-order valence-corrected chi connectivity index (χ1v) is 17.4. The van der Waals surface area contributed by atoms with Gasteiger partial charge >= 0.3 is 0 Å². The van der Waals surface area contributed by atoms with Crippen LogP contribution in [0.2, 0.25) is 0 Å². The van der Waals surface area contributed by atoms with E-state index in [1.54, 1.807) is 30.9 Å². The Balaban J connectivity index is 1.66. The summed E-state index contributed by atoms with van der Waals surface area (Å²) >= 11 is 0. The molecule has 0 bridgehead atoms. The second-order valence-corrected chi connectivity index (χ2v) is 14.1.